The van der Waals surface area contributed by atoms with E-state index in [2.05, 4.69) is 20.4 Å². The molecule has 0 atom stereocenters. The molecule has 2 aromatic rings. The Bertz CT molecular complexity index is 741. The van der Waals surface area contributed by atoms with Crippen molar-refractivity contribution in [2.24, 2.45) is 5.92 Å². The molecule has 0 unspecified atom stereocenters. The van der Waals surface area contributed by atoms with Crippen molar-refractivity contribution in [3.63, 3.8) is 0 Å². The molecule has 2 fully saturated rings. The lowest BCUT2D eigenvalue weighted by molar-refractivity contribution is -0.137. The minimum absolute atomic E-state index is 0.612. The standard InChI is InChI=1S/C20H25F3N4/c21-20(22,23)17-5-3-15(4-6-17)19-16(12-25-26-19)13-27-9-7-18(8-10-27)24-11-14-1-2-14/h3-6,12,14,18,24H,1-2,7-11,13H2,(H,25,26). The van der Waals surface area contributed by atoms with Gasteiger partial charge in [-0.15, -0.1) is 0 Å². The second-order valence-corrected chi connectivity index (χ2v) is 7.75. The van der Waals surface area contributed by atoms with Gasteiger partial charge in [0, 0.05) is 18.2 Å². The normalized spacial score (nSPS) is 19.5. The number of halogens is 3. The number of rotatable bonds is 6. The minimum atomic E-state index is -4.31. The number of H-pyrrole nitrogens is 1. The van der Waals surface area contributed by atoms with Gasteiger partial charge in [-0.3, -0.25) is 10.00 Å². The van der Waals surface area contributed by atoms with Gasteiger partial charge in [0.15, 0.2) is 0 Å². The average Bonchev–Trinajstić information content (AvgIpc) is 3.38. The van der Waals surface area contributed by atoms with Crippen LogP contribution in [-0.4, -0.2) is 40.8 Å². The van der Waals surface area contributed by atoms with E-state index in [1.807, 2.05) is 0 Å². The van der Waals surface area contributed by atoms with Crippen LogP contribution in [0.1, 0.15) is 36.8 Å². The van der Waals surface area contributed by atoms with Gasteiger partial charge < -0.3 is 5.32 Å². The molecular formula is C20H25F3N4. The van der Waals surface area contributed by atoms with Crippen LogP contribution in [0.4, 0.5) is 13.2 Å². The van der Waals surface area contributed by atoms with E-state index >= 15 is 0 Å². The van der Waals surface area contributed by atoms with E-state index in [9.17, 15) is 13.2 Å². The average molecular weight is 378 g/mol. The predicted octanol–water partition coefficient (Wildman–Crippen LogP) is 4.06. The van der Waals surface area contributed by atoms with Gasteiger partial charge in [0.2, 0.25) is 0 Å². The summed E-state index contributed by atoms with van der Waals surface area (Å²) in [7, 11) is 0. The first-order chi connectivity index (χ1) is 13.0. The SMILES string of the molecule is FC(F)(F)c1ccc(-c2[nH]ncc2CN2CCC(NCC3CC3)CC2)cc1. The summed E-state index contributed by atoms with van der Waals surface area (Å²) >= 11 is 0. The lowest BCUT2D eigenvalue weighted by atomic mass is 10.0. The van der Waals surface area contributed by atoms with E-state index in [1.165, 1.54) is 25.0 Å². The Morgan fingerprint density at radius 1 is 1.07 bits per heavy atom. The van der Waals surface area contributed by atoms with Crippen LogP contribution in [0, 0.1) is 5.92 Å². The topological polar surface area (TPSA) is 44.0 Å². The molecule has 2 N–H and O–H groups in total. The van der Waals surface area contributed by atoms with E-state index in [1.54, 1.807) is 6.20 Å². The molecule has 0 radical (unpaired) electrons. The van der Waals surface area contributed by atoms with Gasteiger partial charge in [0.05, 0.1) is 17.5 Å². The molecule has 7 heteroatoms. The molecule has 27 heavy (non-hydrogen) atoms. The van der Waals surface area contributed by atoms with E-state index in [-0.39, 0.29) is 0 Å². The fraction of sp³-hybridized carbons (Fsp3) is 0.550. The van der Waals surface area contributed by atoms with Crippen molar-refractivity contribution in [1.82, 2.24) is 20.4 Å². The highest BCUT2D eigenvalue weighted by Crippen LogP contribution is 2.32. The molecule has 1 aliphatic carbocycles. The lowest BCUT2D eigenvalue weighted by Gasteiger charge is -2.32. The Labute approximate surface area is 157 Å². The molecule has 4 rings (SSSR count). The molecule has 1 saturated heterocycles. The first kappa shape index (κ1) is 18.5. The molecule has 2 aliphatic rings. The smallest absolute Gasteiger partial charge is 0.314 e. The zero-order valence-corrected chi connectivity index (χ0v) is 15.2. The monoisotopic (exact) mass is 378 g/mol. The number of alkyl halides is 3. The van der Waals surface area contributed by atoms with Crippen LogP contribution >= 0.6 is 0 Å². The number of nitrogens with zero attached hydrogens (tertiary/aromatic N) is 2. The summed E-state index contributed by atoms with van der Waals surface area (Å²) in [5.74, 6) is 0.903. The van der Waals surface area contributed by atoms with Crippen LogP contribution in [0.5, 0.6) is 0 Å². The summed E-state index contributed by atoms with van der Waals surface area (Å²) in [6, 6.07) is 5.87. The number of hydrogen-bond donors (Lipinski definition) is 2. The first-order valence-corrected chi connectivity index (χ1v) is 9.64. The predicted molar refractivity (Wildman–Crippen MR) is 98.1 cm³/mol. The number of piperidine rings is 1. The van der Waals surface area contributed by atoms with E-state index in [0.29, 0.717) is 6.04 Å². The third-order valence-electron chi connectivity index (χ3n) is 5.59. The maximum Gasteiger partial charge on any atom is 0.416 e. The highest BCUT2D eigenvalue weighted by molar-refractivity contribution is 5.63. The molecule has 146 valence electrons. The van der Waals surface area contributed by atoms with Gasteiger partial charge >= 0.3 is 6.18 Å². The number of nitrogens with one attached hydrogen (secondary N) is 2. The Hall–Kier alpha value is -1.86. The number of hydrogen-bond acceptors (Lipinski definition) is 3. The van der Waals surface area contributed by atoms with Crippen LogP contribution in [0.15, 0.2) is 30.5 Å². The van der Waals surface area contributed by atoms with Crippen molar-refractivity contribution in [2.75, 3.05) is 19.6 Å². The van der Waals surface area contributed by atoms with Gasteiger partial charge in [-0.25, -0.2) is 0 Å². The van der Waals surface area contributed by atoms with Crippen molar-refractivity contribution >= 4 is 0 Å². The fourth-order valence-corrected chi connectivity index (χ4v) is 3.70. The van der Waals surface area contributed by atoms with Gasteiger partial charge in [-0.1, -0.05) is 12.1 Å². The third-order valence-corrected chi connectivity index (χ3v) is 5.59. The maximum absolute atomic E-state index is 12.8. The van der Waals surface area contributed by atoms with Crippen LogP contribution in [0.2, 0.25) is 0 Å². The zero-order valence-electron chi connectivity index (χ0n) is 15.2. The van der Waals surface area contributed by atoms with Gasteiger partial charge in [-0.05, 0) is 68.9 Å². The van der Waals surface area contributed by atoms with E-state index in [0.717, 1.165) is 73.9 Å². The first-order valence-electron chi connectivity index (χ1n) is 9.64. The molecule has 0 amide bonds. The molecule has 1 aromatic heterocycles. The van der Waals surface area contributed by atoms with E-state index in [4.69, 9.17) is 0 Å². The van der Waals surface area contributed by atoms with Crippen LogP contribution < -0.4 is 5.32 Å². The molecule has 2 heterocycles. The molecule has 0 bridgehead atoms. The summed E-state index contributed by atoms with van der Waals surface area (Å²) in [6.07, 6.45) is 2.50. The Balaban J connectivity index is 1.35. The highest BCUT2D eigenvalue weighted by atomic mass is 19.4. The second-order valence-electron chi connectivity index (χ2n) is 7.75. The number of aromatic nitrogens is 2. The summed E-state index contributed by atoms with van der Waals surface area (Å²) in [6.45, 7) is 3.98. The van der Waals surface area contributed by atoms with Crippen molar-refractivity contribution in [3.8, 4) is 11.3 Å². The molecule has 0 spiro atoms. The number of likely N-dealkylation sites (tertiary alicyclic amines) is 1. The van der Waals surface area contributed by atoms with Crippen LogP contribution in [-0.2, 0) is 12.7 Å². The Morgan fingerprint density at radius 3 is 2.41 bits per heavy atom. The molecule has 1 saturated carbocycles. The van der Waals surface area contributed by atoms with Crippen molar-refractivity contribution < 1.29 is 13.2 Å². The van der Waals surface area contributed by atoms with E-state index < -0.39 is 11.7 Å². The molecule has 1 aromatic carbocycles. The Kier molecular flexibility index (Phi) is 5.23. The quantitative estimate of drug-likeness (QED) is 0.797. The molecular weight excluding hydrogens is 353 g/mol. The highest BCUT2D eigenvalue weighted by Gasteiger charge is 2.30. The van der Waals surface area contributed by atoms with Gasteiger partial charge in [0.25, 0.3) is 0 Å². The van der Waals surface area contributed by atoms with Crippen LogP contribution in [0.3, 0.4) is 0 Å². The zero-order chi connectivity index (χ0) is 18.9. The maximum atomic E-state index is 12.8. The van der Waals surface area contributed by atoms with Crippen molar-refractivity contribution in [3.05, 3.63) is 41.6 Å². The minimum Gasteiger partial charge on any atom is -0.314 e. The third kappa shape index (κ3) is 4.71. The molecule has 4 nitrogen and oxygen atoms in total. The summed E-state index contributed by atoms with van der Waals surface area (Å²) in [5, 5.41) is 10.7. The van der Waals surface area contributed by atoms with Crippen molar-refractivity contribution in [1.29, 1.82) is 0 Å². The number of benzene rings is 1. The van der Waals surface area contributed by atoms with Crippen LogP contribution in [0.25, 0.3) is 11.3 Å². The summed E-state index contributed by atoms with van der Waals surface area (Å²) in [5.41, 5.74) is 1.93. The largest absolute Gasteiger partial charge is 0.416 e. The van der Waals surface area contributed by atoms with Crippen molar-refractivity contribution in [2.45, 2.75) is 44.4 Å². The summed E-state index contributed by atoms with van der Waals surface area (Å²) in [4.78, 5) is 2.40. The Morgan fingerprint density at radius 2 is 1.78 bits per heavy atom. The lowest BCUT2D eigenvalue weighted by Crippen LogP contribution is -2.42. The summed E-state index contributed by atoms with van der Waals surface area (Å²) < 4.78 is 38.3. The number of aromatic amines is 1. The fourth-order valence-electron chi connectivity index (χ4n) is 3.70. The molecule has 1 aliphatic heterocycles. The second kappa shape index (κ2) is 7.64. The van der Waals surface area contributed by atoms with Gasteiger partial charge in [-0.2, -0.15) is 18.3 Å². The van der Waals surface area contributed by atoms with Gasteiger partial charge in [0.1, 0.15) is 0 Å².